The maximum absolute atomic E-state index is 2.25. The van der Waals surface area contributed by atoms with Crippen LogP contribution in [0.15, 0.2) is 22.9 Å². The fraction of sp³-hybridized carbons (Fsp3) is 0.200. The van der Waals surface area contributed by atoms with Crippen molar-refractivity contribution < 1.29 is 0 Å². The van der Waals surface area contributed by atoms with Crippen molar-refractivity contribution in [2.75, 3.05) is 0 Å². The summed E-state index contributed by atoms with van der Waals surface area (Å²) in [5.74, 6) is 0. The van der Waals surface area contributed by atoms with Crippen LogP contribution in [0.2, 0.25) is 0 Å². The highest BCUT2D eigenvalue weighted by Gasteiger charge is 2.01. The van der Waals surface area contributed by atoms with E-state index in [1.165, 1.54) is 20.9 Å². The van der Waals surface area contributed by atoms with Gasteiger partial charge in [-0.1, -0.05) is 0 Å². The second-order valence-electron chi connectivity index (χ2n) is 2.93. The summed E-state index contributed by atoms with van der Waals surface area (Å²) in [6.07, 6.45) is 0. The van der Waals surface area contributed by atoms with Crippen LogP contribution < -0.4 is 0 Å². The molecule has 0 aliphatic rings. The minimum absolute atomic E-state index is 1.36. The molecule has 0 nitrogen and oxygen atoms in total. The molecule has 0 saturated heterocycles. The minimum atomic E-state index is 1.36. The van der Waals surface area contributed by atoms with Gasteiger partial charge in [-0.15, -0.1) is 22.7 Å². The van der Waals surface area contributed by atoms with Crippen LogP contribution in [0.1, 0.15) is 10.4 Å². The Morgan fingerprint density at radius 3 is 2.33 bits per heavy atom. The molecule has 0 atom stereocenters. The average Bonchev–Trinajstić information content (AvgIpc) is 2.58. The lowest BCUT2D eigenvalue weighted by Crippen LogP contribution is -1.62. The molecule has 0 aromatic carbocycles. The molecule has 2 heteroatoms. The molecule has 2 rings (SSSR count). The van der Waals surface area contributed by atoms with Gasteiger partial charge in [-0.05, 0) is 42.3 Å². The van der Waals surface area contributed by atoms with Crippen LogP contribution in [0.3, 0.4) is 0 Å². The van der Waals surface area contributed by atoms with Crippen LogP contribution in [-0.2, 0) is 0 Å². The fourth-order valence-electron chi connectivity index (χ4n) is 1.16. The van der Waals surface area contributed by atoms with E-state index in [9.17, 15) is 0 Å². The molecule has 0 unspecified atom stereocenters. The van der Waals surface area contributed by atoms with Gasteiger partial charge in [0.15, 0.2) is 0 Å². The van der Waals surface area contributed by atoms with Crippen LogP contribution in [0.5, 0.6) is 0 Å². The third-order valence-electron chi connectivity index (χ3n) is 1.75. The quantitative estimate of drug-likeness (QED) is 0.641. The summed E-state index contributed by atoms with van der Waals surface area (Å²) in [5.41, 5.74) is 2.73. The van der Waals surface area contributed by atoms with Crippen molar-refractivity contribution in [1.82, 2.24) is 0 Å². The summed E-state index contributed by atoms with van der Waals surface area (Å²) in [6, 6.07) is 4.49. The second kappa shape index (κ2) is 3.04. The molecular formula is C10H10S2. The summed E-state index contributed by atoms with van der Waals surface area (Å²) in [6.45, 7) is 4.29. The average molecular weight is 194 g/mol. The van der Waals surface area contributed by atoms with Gasteiger partial charge in [0.25, 0.3) is 0 Å². The molecule has 2 aromatic rings. The van der Waals surface area contributed by atoms with Crippen LogP contribution in [-0.4, -0.2) is 0 Å². The van der Waals surface area contributed by atoms with Gasteiger partial charge in [-0.25, -0.2) is 0 Å². The van der Waals surface area contributed by atoms with Crippen LogP contribution in [0.25, 0.3) is 10.4 Å². The summed E-state index contributed by atoms with van der Waals surface area (Å²) in [5, 5.41) is 4.42. The van der Waals surface area contributed by atoms with Gasteiger partial charge in [0.05, 0.1) is 0 Å². The third-order valence-corrected chi connectivity index (χ3v) is 3.70. The second-order valence-corrected chi connectivity index (χ2v) is 4.96. The zero-order valence-electron chi connectivity index (χ0n) is 7.13. The van der Waals surface area contributed by atoms with E-state index in [2.05, 4.69) is 36.7 Å². The summed E-state index contributed by atoms with van der Waals surface area (Å²) in [4.78, 5) is 2.77. The van der Waals surface area contributed by atoms with Gasteiger partial charge < -0.3 is 0 Å². The summed E-state index contributed by atoms with van der Waals surface area (Å²) >= 11 is 3.64. The highest BCUT2D eigenvalue weighted by atomic mass is 32.1. The molecule has 0 bridgehead atoms. The normalized spacial score (nSPS) is 10.5. The summed E-state index contributed by atoms with van der Waals surface area (Å²) in [7, 11) is 0. The van der Waals surface area contributed by atoms with E-state index in [0.717, 1.165) is 0 Å². The Morgan fingerprint density at radius 1 is 1.00 bits per heavy atom. The fourth-order valence-corrected chi connectivity index (χ4v) is 2.82. The molecule has 0 fully saturated rings. The van der Waals surface area contributed by atoms with Crippen LogP contribution >= 0.6 is 22.7 Å². The SMILES string of the molecule is Cc1csc(-c2csc(C)c2)c1. The molecule has 0 aliphatic heterocycles. The van der Waals surface area contributed by atoms with Crippen molar-refractivity contribution in [1.29, 1.82) is 0 Å². The molecule has 0 amide bonds. The highest BCUT2D eigenvalue weighted by Crippen LogP contribution is 2.30. The van der Waals surface area contributed by atoms with E-state index in [0.29, 0.717) is 0 Å². The number of hydrogen-bond acceptors (Lipinski definition) is 2. The van der Waals surface area contributed by atoms with Gasteiger partial charge in [0.1, 0.15) is 0 Å². The van der Waals surface area contributed by atoms with Gasteiger partial charge in [-0.2, -0.15) is 0 Å². The Labute approximate surface area is 80.5 Å². The van der Waals surface area contributed by atoms with Crippen molar-refractivity contribution in [2.24, 2.45) is 0 Å². The van der Waals surface area contributed by atoms with Crippen LogP contribution in [0, 0.1) is 13.8 Å². The number of rotatable bonds is 1. The molecule has 12 heavy (non-hydrogen) atoms. The van der Waals surface area contributed by atoms with E-state index in [1.54, 1.807) is 0 Å². The topological polar surface area (TPSA) is 0 Å². The standard InChI is InChI=1S/C10H10S2/c1-7-3-10(12-5-7)9-4-8(2)11-6-9/h3-6H,1-2H3. The largest absolute Gasteiger partial charge is 0.149 e. The maximum atomic E-state index is 2.25. The van der Waals surface area contributed by atoms with E-state index in [-0.39, 0.29) is 0 Å². The smallest absolute Gasteiger partial charge is 0.0353 e. The first-order chi connectivity index (χ1) is 5.75. The lowest BCUT2D eigenvalue weighted by atomic mass is 10.2. The van der Waals surface area contributed by atoms with Crippen molar-refractivity contribution >= 4 is 22.7 Å². The van der Waals surface area contributed by atoms with Gasteiger partial charge >= 0.3 is 0 Å². The van der Waals surface area contributed by atoms with Crippen molar-refractivity contribution in [2.45, 2.75) is 13.8 Å². The van der Waals surface area contributed by atoms with Crippen molar-refractivity contribution in [3.63, 3.8) is 0 Å². The molecule has 0 N–H and O–H groups in total. The molecule has 62 valence electrons. The Morgan fingerprint density at radius 2 is 1.83 bits per heavy atom. The predicted molar refractivity (Wildman–Crippen MR) is 57.1 cm³/mol. The lowest BCUT2D eigenvalue weighted by molar-refractivity contribution is 1.55. The third kappa shape index (κ3) is 1.45. The molecule has 2 heterocycles. The molecular weight excluding hydrogens is 184 g/mol. The highest BCUT2D eigenvalue weighted by molar-refractivity contribution is 7.14. The Kier molecular flexibility index (Phi) is 2.03. The molecule has 0 radical (unpaired) electrons. The molecule has 0 saturated carbocycles. The Balaban J connectivity index is 2.43. The van der Waals surface area contributed by atoms with E-state index in [4.69, 9.17) is 0 Å². The molecule has 0 spiro atoms. The van der Waals surface area contributed by atoms with Crippen molar-refractivity contribution in [3.8, 4) is 10.4 Å². The van der Waals surface area contributed by atoms with E-state index in [1.807, 2.05) is 22.7 Å². The Bertz CT molecular complexity index is 344. The monoisotopic (exact) mass is 194 g/mol. The van der Waals surface area contributed by atoms with Crippen LogP contribution in [0.4, 0.5) is 0 Å². The zero-order chi connectivity index (χ0) is 8.55. The first-order valence-corrected chi connectivity index (χ1v) is 5.62. The number of thiophene rings is 2. The number of hydrogen-bond donors (Lipinski definition) is 0. The first-order valence-electron chi connectivity index (χ1n) is 3.86. The van der Waals surface area contributed by atoms with Gasteiger partial charge in [-0.3, -0.25) is 0 Å². The first kappa shape index (κ1) is 8.02. The predicted octanol–water partition coefficient (Wildman–Crippen LogP) is 4.09. The molecule has 0 aliphatic carbocycles. The molecule has 2 aromatic heterocycles. The van der Waals surface area contributed by atoms with E-state index >= 15 is 0 Å². The van der Waals surface area contributed by atoms with Gasteiger partial charge in [0, 0.05) is 15.3 Å². The van der Waals surface area contributed by atoms with Gasteiger partial charge in [0.2, 0.25) is 0 Å². The Hall–Kier alpha value is -0.600. The van der Waals surface area contributed by atoms with Crippen molar-refractivity contribution in [3.05, 3.63) is 33.3 Å². The van der Waals surface area contributed by atoms with E-state index < -0.39 is 0 Å². The lowest BCUT2D eigenvalue weighted by Gasteiger charge is -1.86. The zero-order valence-corrected chi connectivity index (χ0v) is 8.76. The summed E-state index contributed by atoms with van der Waals surface area (Å²) < 4.78 is 0. The number of aryl methyl sites for hydroxylation is 2. The minimum Gasteiger partial charge on any atom is -0.149 e. The maximum Gasteiger partial charge on any atom is 0.0353 e.